The van der Waals surface area contributed by atoms with Crippen LogP contribution in [0.1, 0.15) is 31.2 Å². The van der Waals surface area contributed by atoms with E-state index in [1.54, 1.807) is 12.1 Å². The van der Waals surface area contributed by atoms with Gasteiger partial charge in [-0.05, 0) is 43.4 Å². The average Bonchev–Trinajstić information content (AvgIpc) is 2.75. The second-order valence-electron chi connectivity index (χ2n) is 7.60. The van der Waals surface area contributed by atoms with Crippen molar-refractivity contribution >= 4 is 29.9 Å². The number of piperidine rings is 1. The van der Waals surface area contributed by atoms with Gasteiger partial charge >= 0.3 is 0 Å². The molecule has 1 fully saturated rings. The number of hydrogen-bond acceptors (Lipinski definition) is 4. The zero-order chi connectivity index (χ0) is 20.5. The number of nitrogens with zero attached hydrogens (tertiary/aromatic N) is 2. The summed E-state index contributed by atoms with van der Waals surface area (Å²) in [5.74, 6) is 0.866. The number of halogens is 2. The molecule has 168 valence electrons. The Morgan fingerprint density at radius 3 is 2.77 bits per heavy atom. The van der Waals surface area contributed by atoms with Crippen LogP contribution in [0.2, 0.25) is 0 Å². The first kappa shape index (κ1) is 24.9. The predicted octanol–water partition coefficient (Wildman–Crippen LogP) is 3.32. The van der Waals surface area contributed by atoms with Crippen molar-refractivity contribution in [3.05, 3.63) is 41.2 Å². The second kappa shape index (κ2) is 13.1. The fourth-order valence-corrected chi connectivity index (χ4v) is 3.82. The van der Waals surface area contributed by atoms with Crippen molar-refractivity contribution < 1.29 is 13.9 Å². The molecule has 0 unspecified atom stereocenters. The zero-order valence-electron chi connectivity index (χ0n) is 18.0. The summed E-state index contributed by atoms with van der Waals surface area (Å²) in [4.78, 5) is 6.73. The van der Waals surface area contributed by atoms with Gasteiger partial charge in [-0.2, -0.15) is 0 Å². The highest BCUT2D eigenvalue weighted by Crippen LogP contribution is 2.20. The molecule has 2 aliphatic rings. The number of aliphatic imine (C=N–C) groups is 1. The van der Waals surface area contributed by atoms with Gasteiger partial charge in [-0.25, -0.2) is 4.39 Å². The highest BCUT2D eigenvalue weighted by molar-refractivity contribution is 14.0. The van der Waals surface area contributed by atoms with Gasteiger partial charge in [0.05, 0.1) is 20.3 Å². The van der Waals surface area contributed by atoms with Crippen LogP contribution in [0.25, 0.3) is 0 Å². The van der Waals surface area contributed by atoms with Gasteiger partial charge in [-0.15, -0.1) is 24.0 Å². The molecule has 2 aliphatic heterocycles. The molecule has 2 heterocycles. The van der Waals surface area contributed by atoms with Crippen molar-refractivity contribution in [2.45, 2.75) is 38.3 Å². The van der Waals surface area contributed by atoms with Crippen LogP contribution >= 0.6 is 24.0 Å². The van der Waals surface area contributed by atoms with Gasteiger partial charge in [-0.1, -0.05) is 17.7 Å². The summed E-state index contributed by atoms with van der Waals surface area (Å²) in [6.07, 6.45) is 6.33. The zero-order valence-corrected chi connectivity index (χ0v) is 20.3. The molecule has 1 aromatic carbocycles. The normalized spacial score (nSPS) is 18.4. The SMILES string of the molecule is CN=C(NCCC1=CCOCC1)NC1CCN(Cc2ccc(OC)c(F)c2)CC1.I. The number of methoxy groups -OCH3 is 1. The number of hydrogen-bond donors (Lipinski definition) is 2. The maximum Gasteiger partial charge on any atom is 0.191 e. The van der Waals surface area contributed by atoms with Gasteiger partial charge < -0.3 is 20.1 Å². The highest BCUT2D eigenvalue weighted by Gasteiger charge is 2.20. The summed E-state index contributed by atoms with van der Waals surface area (Å²) >= 11 is 0. The molecule has 8 heteroatoms. The van der Waals surface area contributed by atoms with E-state index in [-0.39, 0.29) is 29.8 Å². The Bertz CT molecular complexity index is 721. The van der Waals surface area contributed by atoms with Crippen molar-refractivity contribution in [3.8, 4) is 5.75 Å². The van der Waals surface area contributed by atoms with Crippen LogP contribution in [0.5, 0.6) is 5.75 Å². The molecule has 1 saturated heterocycles. The molecule has 1 aromatic rings. The summed E-state index contributed by atoms with van der Waals surface area (Å²) in [5, 5.41) is 6.97. The third-order valence-electron chi connectivity index (χ3n) is 5.57. The monoisotopic (exact) mass is 532 g/mol. The topological polar surface area (TPSA) is 58.1 Å². The Morgan fingerprint density at radius 2 is 2.13 bits per heavy atom. The minimum Gasteiger partial charge on any atom is -0.494 e. The maximum atomic E-state index is 13.9. The first-order chi connectivity index (χ1) is 14.2. The van der Waals surface area contributed by atoms with E-state index in [1.165, 1.54) is 12.7 Å². The fourth-order valence-electron chi connectivity index (χ4n) is 3.82. The number of likely N-dealkylation sites (tertiary alicyclic amines) is 1. The lowest BCUT2D eigenvalue weighted by Gasteiger charge is -2.33. The van der Waals surface area contributed by atoms with Crippen LogP contribution in [0.15, 0.2) is 34.8 Å². The van der Waals surface area contributed by atoms with E-state index in [1.807, 2.05) is 13.1 Å². The van der Waals surface area contributed by atoms with E-state index < -0.39 is 0 Å². The fraction of sp³-hybridized carbons (Fsp3) is 0.591. The Labute approximate surface area is 196 Å². The summed E-state index contributed by atoms with van der Waals surface area (Å²) in [6, 6.07) is 5.62. The Hall–Kier alpha value is -1.39. The molecule has 0 aliphatic carbocycles. The Balaban J connectivity index is 0.00000320. The molecule has 0 saturated carbocycles. The molecular formula is C22H34FIN4O2. The Kier molecular flexibility index (Phi) is 10.9. The van der Waals surface area contributed by atoms with E-state index >= 15 is 0 Å². The van der Waals surface area contributed by atoms with E-state index in [2.05, 4.69) is 26.6 Å². The van der Waals surface area contributed by atoms with E-state index in [0.717, 1.165) is 76.6 Å². The molecule has 0 bridgehead atoms. The summed E-state index contributed by atoms with van der Waals surface area (Å²) in [6.45, 7) is 5.18. The van der Waals surface area contributed by atoms with Crippen molar-refractivity contribution in [1.29, 1.82) is 0 Å². The predicted molar refractivity (Wildman–Crippen MR) is 129 cm³/mol. The molecule has 6 nitrogen and oxygen atoms in total. The minimum absolute atomic E-state index is 0. The van der Waals surface area contributed by atoms with Crippen LogP contribution in [-0.4, -0.2) is 63.9 Å². The molecule has 0 amide bonds. The van der Waals surface area contributed by atoms with Crippen LogP contribution in [0.4, 0.5) is 4.39 Å². The molecule has 0 radical (unpaired) electrons. The highest BCUT2D eigenvalue weighted by atomic mass is 127. The van der Waals surface area contributed by atoms with E-state index in [0.29, 0.717) is 11.8 Å². The molecule has 0 spiro atoms. The van der Waals surface area contributed by atoms with Crippen molar-refractivity contribution in [2.24, 2.45) is 4.99 Å². The van der Waals surface area contributed by atoms with E-state index in [9.17, 15) is 4.39 Å². The molecule has 0 atom stereocenters. The standard InChI is InChI=1S/C22H33FN4O2.HI/c1-24-22(25-10-5-17-8-13-29-14-9-17)26-19-6-11-27(12-7-19)16-18-3-4-21(28-2)20(23)15-18;/h3-4,8,15,19H,5-7,9-14,16H2,1-2H3,(H2,24,25,26);1H. The largest absolute Gasteiger partial charge is 0.494 e. The lowest BCUT2D eigenvalue weighted by Crippen LogP contribution is -2.48. The van der Waals surface area contributed by atoms with Crippen LogP contribution in [0, 0.1) is 5.82 Å². The molecule has 30 heavy (non-hydrogen) atoms. The number of benzene rings is 1. The van der Waals surface area contributed by atoms with Gasteiger partial charge in [0, 0.05) is 39.3 Å². The number of rotatable bonds is 7. The average molecular weight is 532 g/mol. The molecule has 2 N–H and O–H groups in total. The summed E-state index contributed by atoms with van der Waals surface area (Å²) in [7, 11) is 3.30. The van der Waals surface area contributed by atoms with Gasteiger partial charge in [-0.3, -0.25) is 9.89 Å². The molecule has 3 rings (SSSR count). The Morgan fingerprint density at radius 1 is 1.33 bits per heavy atom. The quantitative estimate of drug-likeness (QED) is 0.244. The first-order valence-electron chi connectivity index (χ1n) is 10.5. The third kappa shape index (κ3) is 7.70. The second-order valence-corrected chi connectivity index (χ2v) is 7.60. The lowest BCUT2D eigenvalue weighted by atomic mass is 10.0. The number of ether oxygens (including phenoxy) is 2. The van der Waals surface area contributed by atoms with Crippen molar-refractivity contribution in [3.63, 3.8) is 0 Å². The van der Waals surface area contributed by atoms with Crippen molar-refractivity contribution in [1.82, 2.24) is 15.5 Å². The summed E-state index contributed by atoms with van der Waals surface area (Å²) < 4.78 is 24.2. The first-order valence-corrected chi connectivity index (χ1v) is 10.5. The summed E-state index contributed by atoms with van der Waals surface area (Å²) in [5.41, 5.74) is 2.44. The maximum absolute atomic E-state index is 13.9. The van der Waals surface area contributed by atoms with E-state index in [4.69, 9.17) is 9.47 Å². The van der Waals surface area contributed by atoms with Gasteiger partial charge in [0.25, 0.3) is 0 Å². The van der Waals surface area contributed by atoms with Crippen LogP contribution in [0.3, 0.4) is 0 Å². The van der Waals surface area contributed by atoms with Gasteiger partial charge in [0.15, 0.2) is 17.5 Å². The number of guanidine groups is 1. The third-order valence-corrected chi connectivity index (χ3v) is 5.57. The number of nitrogens with one attached hydrogen (secondary N) is 2. The smallest absolute Gasteiger partial charge is 0.191 e. The van der Waals surface area contributed by atoms with Crippen LogP contribution < -0.4 is 15.4 Å². The minimum atomic E-state index is -0.298. The van der Waals surface area contributed by atoms with Gasteiger partial charge in [0.2, 0.25) is 0 Å². The lowest BCUT2D eigenvalue weighted by molar-refractivity contribution is 0.153. The van der Waals surface area contributed by atoms with Crippen LogP contribution in [-0.2, 0) is 11.3 Å². The van der Waals surface area contributed by atoms with Crippen molar-refractivity contribution in [2.75, 3.05) is 47.0 Å². The molecule has 0 aromatic heterocycles. The molecular weight excluding hydrogens is 498 g/mol. The van der Waals surface area contributed by atoms with Gasteiger partial charge in [0.1, 0.15) is 0 Å².